The Bertz CT molecular complexity index is 2430. The summed E-state index contributed by atoms with van der Waals surface area (Å²) in [6, 6.07) is 61.2. The van der Waals surface area contributed by atoms with E-state index in [4.69, 9.17) is 0 Å². The van der Waals surface area contributed by atoms with Crippen LogP contribution in [0.3, 0.4) is 0 Å². The lowest BCUT2D eigenvalue weighted by Gasteiger charge is -2.33. The highest BCUT2D eigenvalue weighted by Gasteiger charge is 2.44. The topological polar surface area (TPSA) is 0 Å². The van der Waals surface area contributed by atoms with Crippen LogP contribution in [0.25, 0.3) is 44.5 Å². The van der Waals surface area contributed by atoms with Gasteiger partial charge in [0.1, 0.15) is 0 Å². The van der Waals surface area contributed by atoms with Crippen molar-refractivity contribution in [3.8, 4) is 44.5 Å². The number of hydrogen-bond acceptors (Lipinski definition) is 0. The van der Waals surface area contributed by atoms with Crippen LogP contribution in [0.1, 0.15) is 149 Å². The molecule has 0 heterocycles. The molecule has 0 aliphatic heterocycles. The molecule has 314 valence electrons. The zero-order chi connectivity index (χ0) is 42.5. The zero-order valence-corrected chi connectivity index (χ0v) is 37.9. The van der Waals surface area contributed by atoms with Crippen LogP contribution in [0.5, 0.6) is 0 Å². The van der Waals surface area contributed by atoms with Crippen LogP contribution in [0.4, 0.5) is 0 Å². The van der Waals surface area contributed by atoms with E-state index >= 15 is 0 Å². The standard InChI is InChI=1S/C62H66/c1-5-9-34-61(35-10-6-2)57-40-47(38-45-20-15-13-16-21-45)26-30-53(57)55-32-28-51(43-59(55)61)49-24-19-25-50(42-49)52-29-33-56-54-31-27-48(39-46-22-17-14-18-23-46)41-58(54)62(36-11-7-3,37-12-8-4)60(56)44-52/h13-33,40-44H,5-12,34-39H2,1-4H3. The summed E-state index contributed by atoms with van der Waals surface area (Å²) in [7, 11) is 0. The SMILES string of the molecule is CCCCC1(CCCC)c2cc(Cc3ccccc3)ccc2-c2ccc(-c3cccc(-c4ccc5c(c4)C(CCCC)(CCCC)c4cc(Cc6ccccc6)ccc4-5)c3)cc21. The first-order chi connectivity index (χ1) is 30.5. The molecule has 0 heteroatoms. The van der Waals surface area contributed by atoms with Gasteiger partial charge in [0.2, 0.25) is 0 Å². The Balaban J connectivity index is 1.10. The summed E-state index contributed by atoms with van der Waals surface area (Å²) in [6.45, 7) is 9.43. The molecule has 0 aromatic heterocycles. The highest BCUT2D eigenvalue weighted by molar-refractivity contribution is 5.87. The van der Waals surface area contributed by atoms with Gasteiger partial charge in [-0.1, -0.05) is 219 Å². The van der Waals surface area contributed by atoms with E-state index < -0.39 is 0 Å². The molecule has 7 aromatic rings. The maximum absolute atomic E-state index is 2.60. The average Bonchev–Trinajstić information content (AvgIpc) is 3.74. The first kappa shape index (κ1) is 41.9. The molecule has 0 bridgehead atoms. The van der Waals surface area contributed by atoms with Gasteiger partial charge >= 0.3 is 0 Å². The van der Waals surface area contributed by atoms with Gasteiger partial charge in [-0.25, -0.2) is 0 Å². The molecule has 0 spiro atoms. The van der Waals surface area contributed by atoms with E-state index in [-0.39, 0.29) is 10.8 Å². The third-order valence-electron chi connectivity index (χ3n) is 14.7. The van der Waals surface area contributed by atoms with E-state index in [0.717, 1.165) is 12.8 Å². The highest BCUT2D eigenvalue weighted by atomic mass is 14.5. The Morgan fingerprint density at radius 1 is 0.290 bits per heavy atom. The summed E-state index contributed by atoms with van der Waals surface area (Å²) in [6.07, 6.45) is 16.5. The van der Waals surface area contributed by atoms with Crippen LogP contribution >= 0.6 is 0 Å². The zero-order valence-electron chi connectivity index (χ0n) is 37.9. The summed E-state index contributed by atoms with van der Waals surface area (Å²) >= 11 is 0. The van der Waals surface area contributed by atoms with Gasteiger partial charge in [0.25, 0.3) is 0 Å². The molecule has 0 nitrogen and oxygen atoms in total. The summed E-state index contributed by atoms with van der Waals surface area (Å²) in [5.41, 5.74) is 23.0. The van der Waals surface area contributed by atoms with Crippen molar-refractivity contribution in [2.45, 2.75) is 128 Å². The minimum atomic E-state index is 0.0350. The smallest absolute Gasteiger partial charge is 0.0215 e. The lowest BCUT2D eigenvalue weighted by atomic mass is 9.70. The minimum absolute atomic E-state index is 0.0350. The fourth-order valence-electron chi connectivity index (χ4n) is 11.4. The van der Waals surface area contributed by atoms with Crippen molar-refractivity contribution in [2.75, 3.05) is 0 Å². The Morgan fingerprint density at radius 3 is 1.00 bits per heavy atom. The molecule has 2 aliphatic rings. The molecular formula is C62H66. The van der Waals surface area contributed by atoms with E-state index in [0.29, 0.717) is 0 Å². The molecule has 0 fully saturated rings. The van der Waals surface area contributed by atoms with Gasteiger partial charge in [0, 0.05) is 10.8 Å². The average molecular weight is 811 g/mol. The van der Waals surface area contributed by atoms with Gasteiger partial charge in [-0.15, -0.1) is 0 Å². The van der Waals surface area contributed by atoms with Gasteiger partial charge in [-0.3, -0.25) is 0 Å². The Kier molecular flexibility index (Phi) is 12.5. The third kappa shape index (κ3) is 7.92. The van der Waals surface area contributed by atoms with Crippen LogP contribution in [-0.2, 0) is 23.7 Å². The van der Waals surface area contributed by atoms with Crippen molar-refractivity contribution in [3.05, 3.63) is 202 Å². The Morgan fingerprint density at radius 2 is 0.629 bits per heavy atom. The number of unbranched alkanes of at least 4 members (excludes halogenated alkanes) is 4. The van der Waals surface area contributed by atoms with E-state index in [9.17, 15) is 0 Å². The lowest BCUT2D eigenvalue weighted by Crippen LogP contribution is -2.25. The molecule has 0 saturated heterocycles. The van der Waals surface area contributed by atoms with Crippen LogP contribution in [0.2, 0.25) is 0 Å². The van der Waals surface area contributed by atoms with Crippen LogP contribution in [0.15, 0.2) is 158 Å². The molecule has 0 saturated carbocycles. The summed E-state index contributed by atoms with van der Waals surface area (Å²) in [5.74, 6) is 0. The number of benzene rings is 7. The molecule has 9 rings (SSSR count). The van der Waals surface area contributed by atoms with Crippen molar-refractivity contribution >= 4 is 0 Å². The molecule has 2 aliphatic carbocycles. The molecule has 0 atom stereocenters. The largest absolute Gasteiger partial charge is 0.0654 e. The molecule has 0 N–H and O–H groups in total. The van der Waals surface area contributed by atoms with Crippen LogP contribution in [0, 0.1) is 0 Å². The van der Waals surface area contributed by atoms with Crippen molar-refractivity contribution in [1.82, 2.24) is 0 Å². The van der Waals surface area contributed by atoms with Gasteiger partial charge in [-0.05, 0) is 146 Å². The first-order valence-corrected chi connectivity index (χ1v) is 24.3. The monoisotopic (exact) mass is 811 g/mol. The van der Waals surface area contributed by atoms with Crippen molar-refractivity contribution in [3.63, 3.8) is 0 Å². The van der Waals surface area contributed by atoms with Crippen LogP contribution in [-0.4, -0.2) is 0 Å². The molecule has 0 radical (unpaired) electrons. The number of hydrogen-bond donors (Lipinski definition) is 0. The second-order valence-corrected chi connectivity index (χ2v) is 18.8. The molecule has 7 aromatic carbocycles. The van der Waals surface area contributed by atoms with E-state index in [1.807, 2.05) is 0 Å². The summed E-state index contributed by atoms with van der Waals surface area (Å²) in [4.78, 5) is 0. The second-order valence-electron chi connectivity index (χ2n) is 18.8. The van der Waals surface area contributed by atoms with E-state index in [1.54, 1.807) is 22.3 Å². The maximum atomic E-state index is 2.60. The van der Waals surface area contributed by atoms with Crippen molar-refractivity contribution < 1.29 is 0 Å². The molecular weight excluding hydrogens is 745 g/mol. The Labute approximate surface area is 373 Å². The molecule has 0 amide bonds. The molecule has 62 heavy (non-hydrogen) atoms. The van der Waals surface area contributed by atoms with Crippen molar-refractivity contribution in [2.24, 2.45) is 0 Å². The summed E-state index contributed by atoms with van der Waals surface area (Å²) in [5, 5.41) is 0. The summed E-state index contributed by atoms with van der Waals surface area (Å²) < 4.78 is 0. The van der Waals surface area contributed by atoms with Crippen molar-refractivity contribution in [1.29, 1.82) is 0 Å². The normalized spacial score (nSPS) is 14.0. The predicted octanol–water partition coefficient (Wildman–Crippen LogP) is 17.5. The quantitative estimate of drug-likeness (QED) is 0.0810. The van der Waals surface area contributed by atoms with Gasteiger partial charge in [0.05, 0.1) is 0 Å². The minimum Gasteiger partial charge on any atom is -0.0654 e. The van der Waals surface area contributed by atoms with Gasteiger partial charge in [0.15, 0.2) is 0 Å². The third-order valence-corrected chi connectivity index (χ3v) is 14.7. The second kappa shape index (κ2) is 18.5. The maximum Gasteiger partial charge on any atom is 0.0215 e. The highest BCUT2D eigenvalue weighted by Crippen LogP contribution is 2.57. The van der Waals surface area contributed by atoms with Gasteiger partial charge in [-0.2, -0.15) is 0 Å². The predicted molar refractivity (Wildman–Crippen MR) is 266 cm³/mol. The van der Waals surface area contributed by atoms with E-state index in [1.165, 1.54) is 144 Å². The fraction of sp³-hybridized carbons (Fsp3) is 0.323. The lowest BCUT2D eigenvalue weighted by molar-refractivity contribution is 0.414. The molecule has 0 unspecified atom stereocenters. The number of fused-ring (bicyclic) bond motifs is 6. The van der Waals surface area contributed by atoms with Gasteiger partial charge < -0.3 is 0 Å². The number of rotatable bonds is 18. The fourth-order valence-corrected chi connectivity index (χ4v) is 11.4. The van der Waals surface area contributed by atoms with E-state index in [2.05, 4.69) is 185 Å². The van der Waals surface area contributed by atoms with Crippen LogP contribution < -0.4 is 0 Å². The first-order valence-electron chi connectivity index (χ1n) is 24.3. The Hall–Kier alpha value is -5.46.